The minimum absolute atomic E-state index is 0.0347. The quantitative estimate of drug-likeness (QED) is 0.800. The van der Waals surface area contributed by atoms with E-state index < -0.39 is 0 Å². The molecule has 134 valence electrons. The predicted molar refractivity (Wildman–Crippen MR) is 104 cm³/mol. The van der Waals surface area contributed by atoms with Crippen LogP contribution in [0.3, 0.4) is 0 Å². The lowest BCUT2D eigenvalue weighted by molar-refractivity contribution is -0.117. The molecule has 0 aliphatic rings. The van der Waals surface area contributed by atoms with Crippen LogP contribution in [-0.4, -0.2) is 31.5 Å². The van der Waals surface area contributed by atoms with Gasteiger partial charge in [-0.3, -0.25) is 9.69 Å². The third-order valence-electron chi connectivity index (χ3n) is 4.10. The highest BCUT2D eigenvalue weighted by molar-refractivity contribution is 6.30. The Morgan fingerprint density at radius 3 is 2.68 bits per heavy atom. The molecule has 25 heavy (non-hydrogen) atoms. The number of nitrogens with one attached hydrogen (secondary N) is 1. The van der Waals surface area contributed by atoms with Crippen molar-refractivity contribution < 1.29 is 9.53 Å². The first-order valence-corrected chi connectivity index (χ1v) is 8.71. The number of hydrogen-bond acceptors (Lipinski definition) is 3. The number of carbonyl (C=O) groups excluding carboxylic acids is 1. The number of hydrogen-bond donors (Lipinski definition) is 1. The van der Waals surface area contributed by atoms with Crippen molar-refractivity contribution in [3.05, 3.63) is 58.1 Å². The predicted octanol–water partition coefficient (Wildman–Crippen LogP) is 4.29. The lowest BCUT2D eigenvalue weighted by Gasteiger charge is -2.19. The second-order valence-corrected chi connectivity index (χ2v) is 6.58. The van der Waals surface area contributed by atoms with Crippen LogP contribution in [0, 0.1) is 6.92 Å². The van der Waals surface area contributed by atoms with Crippen molar-refractivity contribution in [3.8, 4) is 5.75 Å². The molecular formula is C20H25ClN2O2. The number of anilines is 1. The molecule has 0 aromatic heterocycles. The van der Waals surface area contributed by atoms with Crippen LogP contribution in [0.2, 0.25) is 5.02 Å². The number of ether oxygens (including phenoxy) is 1. The monoisotopic (exact) mass is 360 g/mol. The van der Waals surface area contributed by atoms with E-state index in [1.54, 1.807) is 13.2 Å². The van der Waals surface area contributed by atoms with Gasteiger partial charge in [0.2, 0.25) is 5.91 Å². The summed E-state index contributed by atoms with van der Waals surface area (Å²) < 4.78 is 5.36. The van der Waals surface area contributed by atoms with E-state index in [2.05, 4.69) is 12.2 Å². The van der Waals surface area contributed by atoms with Crippen molar-refractivity contribution in [2.24, 2.45) is 0 Å². The Hall–Kier alpha value is -2.04. The number of carbonyl (C=O) groups is 1. The molecule has 5 heteroatoms. The van der Waals surface area contributed by atoms with E-state index in [0.717, 1.165) is 34.5 Å². The first-order chi connectivity index (χ1) is 11.9. The van der Waals surface area contributed by atoms with Crippen molar-refractivity contribution in [2.45, 2.75) is 26.8 Å². The van der Waals surface area contributed by atoms with E-state index in [4.69, 9.17) is 16.3 Å². The first kappa shape index (κ1) is 19.3. The maximum Gasteiger partial charge on any atom is 0.238 e. The molecule has 0 saturated carbocycles. The molecule has 2 aromatic rings. The van der Waals surface area contributed by atoms with Crippen LogP contribution in [-0.2, 0) is 17.8 Å². The van der Waals surface area contributed by atoms with Gasteiger partial charge in [-0.05, 0) is 49.7 Å². The fourth-order valence-corrected chi connectivity index (χ4v) is 3.04. The van der Waals surface area contributed by atoms with Gasteiger partial charge in [0.15, 0.2) is 0 Å². The number of aryl methyl sites for hydroxylation is 2. The first-order valence-electron chi connectivity index (χ1n) is 8.33. The van der Waals surface area contributed by atoms with E-state index in [1.165, 1.54) is 0 Å². The largest absolute Gasteiger partial charge is 0.496 e. The Kier molecular flexibility index (Phi) is 6.85. The topological polar surface area (TPSA) is 41.6 Å². The van der Waals surface area contributed by atoms with Crippen LogP contribution in [0.25, 0.3) is 0 Å². The molecule has 0 unspecified atom stereocenters. The van der Waals surface area contributed by atoms with Gasteiger partial charge in [-0.2, -0.15) is 0 Å². The number of halogens is 1. The summed E-state index contributed by atoms with van der Waals surface area (Å²) in [6.07, 6.45) is 0.882. The summed E-state index contributed by atoms with van der Waals surface area (Å²) in [7, 11) is 3.53. The van der Waals surface area contributed by atoms with Gasteiger partial charge in [-0.1, -0.05) is 36.7 Å². The molecule has 0 spiro atoms. The maximum absolute atomic E-state index is 12.4. The second-order valence-electron chi connectivity index (χ2n) is 6.14. The lowest BCUT2D eigenvalue weighted by Crippen LogP contribution is -2.30. The van der Waals surface area contributed by atoms with E-state index in [-0.39, 0.29) is 12.5 Å². The zero-order chi connectivity index (χ0) is 18.4. The highest BCUT2D eigenvalue weighted by atomic mass is 35.5. The van der Waals surface area contributed by atoms with Crippen LogP contribution in [0.5, 0.6) is 5.75 Å². The third-order valence-corrected chi connectivity index (χ3v) is 4.34. The number of benzene rings is 2. The maximum atomic E-state index is 12.4. The van der Waals surface area contributed by atoms with Crippen molar-refractivity contribution >= 4 is 23.2 Å². The minimum atomic E-state index is -0.0347. The van der Waals surface area contributed by atoms with Crippen LogP contribution >= 0.6 is 11.6 Å². The molecule has 1 amide bonds. The van der Waals surface area contributed by atoms with E-state index in [9.17, 15) is 4.79 Å². The standard InChI is InChI=1S/C20H25ClN2O2/c1-5-15-8-6-7-14(2)20(15)22-19(24)13-23(3)12-16-11-17(21)9-10-18(16)25-4/h6-11H,5,12-13H2,1-4H3,(H,22,24). The summed E-state index contributed by atoms with van der Waals surface area (Å²) in [6.45, 7) is 4.95. The molecule has 2 aromatic carbocycles. The zero-order valence-corrected chi connectivity index (χ0v) is 16.0. The zero-order valence-electron chi connectivity index (χ0n) is 15.2. The van der Waals surface area contributed by atoms with Crippen LogP contribution in [0.4, 0.5) is 5.69 Å². The minimum Gasteiger partial charge on any atom is -0.496 e. The van der Waals surface area contributed by atoms with Gasteiger partial charge >= 0.3 is 0 Å². The summed E-state index contributed by atoms with van der Waals surface area (Å²) in [5.41, 5.74) is 4.10. The number of para-hydroxylation sites is 1. The van der Waals surface area contributed by atoms with Crippen LogP contribution in [0.15, 0.2) is 36.4 Å². The van der Waals surface area contributed by atoms with Gasteiger partial charge in [-0.25, -0.2) is 0 Å². The Bertz CT molecular complexity index is 746. The molecular weight excluding hydrogens is 336 g/mol. The van der Waals surface area contributed by atoms with Crippen LogP contribution in [0.1, 0.15) is 23.6 Å². The van der Waals surface area contributed by atoms with E-state index in [0.29, 0.717) is 11.6 Å². The van der Waals surface area contributed by atoms with Gasteiger partial charge in [0.1, 0.15) is 5.75 Å². The fourth-order valence-electron chi connectivity index (χ4n) is 2.84. The summed E-state index contributed by atoms with van der Waals surface area (Å²) in [5, 5.41) is 3.70. The van der Waals surface area contributed by atoms with Crippen LogP contribution < -0.4 is 10.1 Å². The Labute approximate surface area is 154 Å². The van der Waals surface area contributed by atoms with Crippen molar-refractivity contribution in [3.63, 3.8) is 0 Å². The molecule has 0 fully saturated rings. The van der Waals surface area contributed by atoms with Gasteiger partial charge < -0.3 is 10.1 Å². The number of nitrogens with zero attached hydrogens (tertiary/aromatic N) is 1. The summed E-state index contributed by atoms with van der Waals surface area (Å²) in [4.78, 5) is 14.4. The molecule has 2 rings (SSSR count). The third kappa shape index (κ3) is 5.21. The van der Waals surface area contributed by atoms with Gasteiger partial charge in [0, 0.05) is 22.8 Å². The van der Waals surface area contributed by atoms with Crippen molar-refractivity contribution in [2.75, 3.05) is 26.0 Å². The molecule has 0 saturated heterocycles. The summed E-state index contributed by atoms with van der Waals surface area (Å²) in [6, 6.07) is 11.6. The average Bonchev–Trinajstić information content (AvgIpc) is 2.56. The SMILES string of the molecule is CCc1cccc(C)c1NC(=O)CN(C)Cc1cc(Cl)ccc1OC. The molecule has 0 heterocycles. The highest BCUT2D eigenvalue weighted by Crippen LogP contribution is 2.24. The Balaban J connectivity index is 2.03. The molecule has 0 bridgehead atoms. The van der Waals surface area contributed by atoms with Crippen molar-refractivity contribution in [1.29, 1.82) is 0 Å². The summed E-state index contributed by atoms with van der Waals surface area (Å²) >= 11 is 6.07. The molecule has 1 N–H and O–H groups in total. The number of rotatable bonds is 7. The number of methoxy groups -OCH3 is 1. The average molecular weight is 361 g/mol. The highest BCUT2D eigenvalue weighted by Gasteiger charge is 2.13. The Morgan fingerprint density at radius 1 is 1.24 bits per heavy atom. The number of likely N-dealkylation sites (N-methyl/N-ethyl adjacent to an activating group) is 1. The normalized spacial score (nSPS) is 10.8. The number of amides is 1. The molecule has 0 aliphatic carbocycles. The molecule has 0 atom stereocenters. The van der Waals surface area contributed by atoms with Crippen molar-refractivity contribution in [1.82, 2.24) is 4.90 Å². The Morgan fingerprint density at radius 2 is 2.00 bits per heavy atom. The lowest BCUT2D eigenvalue weighted by atomic mass is 10.1. The van der Waals surface area contributed by atoms with E-state index in [1.807, 2.05) is 49.2 Å². The molecule has 4 nitrogen and oxygen atoms in total. The van der Waals surface area contributed by atoms with Gasteiger partial charge in [0.25, 0.3) is 0 Å². The second kappa shape index (κ2) is 8.88. The summed E-state index contributed by atoms with van der Waals surface area (Å²) in [5.74, 6) is 0.733. The smallest absolute Gasteiger partial charge is 0.238 e. The molecule has 0 aliphatic heterocycles. The van der Waals surface area contributed by atoms with Gasteiger partial charge in [0.05, 0.1) is 13.7 Å². The van der Waals surface area contributed by atoms with E-state index >= 15 is 0 Å². The molecule has 0 radical (unpaired) electrons. The van der Waals surface area contributed by atoms with Gasteiger partial charge in [-0.15, -0.1) is 0 Å². The fraction of sp³-hybridized carbons (Fsp3) is 0.350.